The highest BCUT2D eigenvalue weighted by molar-refractivity contribution is 7.89. The fourth-order valence-electron chi connectivity index (χ4n) is 2.56. The van der Waals surface area contributed by atoms with Crippen LogP contribution in [0.2, 0.25) is 0 Å². The second-order valence-electron chi connectivity index (χ2n) is 5.48. The first kappa shape index (κ1) is 15.2. The average Bonchev–Trinajstić information content (AvgIpc) is 2.38. The summed E-state index contributed by atoms with van der Waals surface area (Å²) in [6, 6.07) is 6.79. The Morgan fingerprint density at radius 2 is 1.95 bits per heavy atom. The van der Waals surface area contributed by atoms with Crippen LogP contribution >= 0.6 is 0 Å². The summed E-state index contributed by atoms with van der Waals surface area (Å²) in [5, 5.41) is 10.1. The Balaban J connectivity index is 2.20. The summed E-state index contributed by atoms with van der Waals surface area (Å²) in [4.78, 5) is 0.282. The lowest BCUT2D eigenvalue weighted by atomic mass is 9.89. The number of hydrogen-bond acceptors (Lipinski definition) is 3. The maximum atomic E-state index is 12.5. The Labute approximate surface area is 120 Å². The molecular formula is C15H21NO3S. The summed E-state index contributed by atoms with van der Waals surface area (Å²) >= 11 is 0. The third-order valence-corrected chi connectivity index (χ3v) is 5.72. The molecule has 1 aromatic rings. The lowest BCUT2D eigenvalue weighted by Gasteiger charge is -2.35. The predicted octanol–water partition coefficient (Wildman–Crippen LogP) is 1.94. The van der Waals surface area contributed by atoms with Crippen molar-refractivity contribution in [1.29, 1.82) is 0 Å². The van der Waals surface area contributed by atoms with Crippen molar-refractivity contribution in [2.24, 2.45) is 5.92 Å². The van der Waals surface area contributed by atoms with E-state index in [0.717, 1.165) is 11.1 Å². The zero-order valence-corrected chi connectivity index (χ0v) is 12.7. The molecule has 1 heterocycles. The topological polar surface area (TPSA) is 57.6 Å². The molecule has 0 aliphatic carbocycles. The molecule has 1 aliphatic rings. The zero-order valence-electron chi connectivity index (χ0n) is 11.9. The first-order chi connectivity index (χ1) is 9.32. The van der Waals surface area contributed by atoms with Gasteiger partial charge in [-0.15, -0.1) is 0 Å². The van der Waals surface area contributed by atoms with Gasteiger partial charge in [0, 0.05) is 19.0 Å². The van der Waals surface area contributed by atoms with Crippen LogP contribution in [0.4, 0.5) is 0 Å². The van der Waals surface area contributed by atoms with E-state index in [2.05, 4.69) is 6.58 Å². The largest absolute Gasteiger partial charge is 0.391 e. The van der Waals surface area contributed by atoms with E-state index in [1.54, 1.807) is 24.3 Å². The molecular weight excluding hydrogens is 274 g/mol. The van der Waals surface area contributed by atoms with Crippen LogP contribution in [0.3, 0.4) is 0 Å². The van der Waals surface area contributed by atoms with Gasteiger partial charge in [-0.2, -0.15) is 4.31 Å². The minimum atomic E-state index is -3.52. The van der Waals surface area contributed by atoms with Crippen LogP contribution in [0.5, 0.6) is 0 Å². The molecule has 0 bridgehead atoms. The lowest BCUT2D eigenvalue weighted by molar-refractivity contribution is 0.0682. The van der Waals surface area contributed by atoms with Crippen molar-refractivity contribution in [3.05, 3.63) is 42.0 Å². The number of aliphatic hydroxyl groups is 1. The summed E-state index contributed by atoms with van der Waals surface area (Å²) < 4.78 is 26.4. The fourth-order valence-corrected chi connectivity index (χ4v) is 4.03. The molecule has 1 fully saturated rings. The molecule has 2 rings (SSSR count). The quantitative estimate of drug-likeness (QED) is 0.867. The van der Waals surface area contributed by atoms with Gasteiger partial charge in [0.2, 0.25) is 10.0 Å². The molecule has 1 N–H and O–H groups in total. The number of nitrogens with zero attached hydrogens (tertiary/aromatic N) is 1. The molecule has 0 aromatic heterocycles. The molecule has 0 spiro atoms. The summed E-state index contributed by atoms with van der Waals surface area (Å²) in [6.07, 6.45) is -0.0665. The van der Waals surface area contributed by atoms with E-state index >= 15 is 0 Å². The van der Waals surface area contributed by atoms with Crippen molar-refractivity contribution in [1.82, 2.24) is 4.31 Å². The Kier molecular flexibility index (Phi) is 4.32. The summed E-state index contributed by atoms with van der Waals surface area (Å²) in [6.45, 7) is 8.20. The normalized spacial score (nSPS) is 24.6. The summed E-state index contributed by atoms with van der Waals surface area (Å²) in [5.74, 6) is -0.0144. The Hall–Kier alpha value is -1.17. The van der Waals surface area contributed by atoms with Crippen molar-refractivity contribution < 1.29 is 13.5 Å². The van der Waals surface area contributed by atoms with Crippen molar-refractivity contribution in [2.45, 2.75) is 31.3 Å². The van der Waals surface area contributed by atoms with Gasteiger partial charge in [-0.25, -0.2) is 8.42 Å². The zero-order chi connectivity index (χ0) is 14.9. The molecule has 1 saturated heterocycles. The lowest BCUT2D eigenvalue weighted by Crippen LogP contribution is -2.46. The molecule has 4 nitrogen and oxygen atoms in total. The number of hydrogen-bond donors (Lipinski definition) is 1. The molecule has 0 radical (unpaired) electrons. The maximum absolute atomic E-state index is 12.5. The minimum Gasteiger partial charge on any atom is -0.391 e. The van der Waals surface area contributed by atoms with E-state index in [1.165, 1.54) is 4.31 Å². The second-order valence-corrected chi connectivity index (χ2v) is 7.42. The Morgan fingerprint density at radius 3 is 2.45 bits per heavy atom. The van der Waals surface area contributed by atoms with Crippen LogP contribution in [0.1, 0.15) is 18.9 Å². The van der Waals surface area contributed by atoms with Crippen molar-refractivity contribution in [3.63, 3.8) is 0 Å². The maximum Gasteiger partial charge on any atom is 0.243 e. The van der Waals surface area contributed by atoms with Gasteiger partial charge in [0.05, 0.1) is 11.0 Å². The molecule has 20 heavy (non-hydrogen) atoms. The SMILES string of the molecule is C=C(C)[C@@H]1CCN(S(=O)(=O)c2ccc(C)cc2)C[C@H]1O. The summed E-state index contributed by atoms with van der Waals surface area (Å²) in [5.41, 5.74) is 1.93. The highest BCUT2D eigenvalue weighted by atomic mass is 32.2. The molecule has 0 unspecified atom stereocenters. The van der Waals surface area contributed by atoms with E-state index in [9.17, 15) is 13.5 Å². The van der Waals surface area contributed by atoms with E-state index in [4.69, 9.17) is 0 Å². The van der Waals surface area contributed by atoms with E-state index in [-0.39, 0.29) is 17.4 Å². The fraction of sp³-hybridized carbons (Fsp3) is 0.467. The smallest absolute Gasteiger partial charge is 0.243 e. The number of aryl methyl sites for hydroxylation is 1. The number of rotatable bonds is 3. The molecule has 1 aromatic carbocycles. The van der Waals surface area contributed by atoms with Crippen molar-refractivity contribution >= 4 is 10.0 Å². The minimum absolute atomic E-state index is 0.0144. The molecule has 5 heteroatoms. The number of β-amino-alcohol motifs (C(OH)–C–C–N with tert-alkyl or cyclic N) is 1. The predicted molar refractivity (Wildman–Crippen MR) is 78.9 cm³/mol. The van der Waals surface area contributed by atoms with Gasteiger partial charge < -0.3 is 5.11 Å². The van der Waals surface area contributed by atoms with Crippen LogP contribution < -0.4 is 0 Å². The van der Waals surface area contributed by atoms with Crippen LogP contribution in [0, 0.1) is 12.8 Å². The van der Waals surface area contributed by atoms with Crippen LogP contribution in [0.15, 0.2) is 41.3 Å². The Morgan fingerprint density at radius 1 is 1.35 bits per heavy atom. The third-order valence-electron chi connectivity index (χ3n) is 3.84. The number of piperidine rings is 1. The molecule has 0 amide bonds. The van der Waals surface area contributed by atoms with Crippen LogP contribution in [0.25, 0.3) is 0 Å². The van der Waals surface area contributed by atoms with Crippen molar-refractivity contribution in [3.8, 4) is 0 Å². The molecule has 0 saturated carbocycles. The van der Waals surface area contributed by atoms with Gasteiger partial charge in [0.1, 0.15) is 0 Å². The first-order valence-corrected chi connectivity index (χ1v) is 8.16. The number of aliphatic hydroxyl groups excluding tert-OH is 1. The summed E-state index contributed by atoms with van der Waals surface area (Å²) in [7, 11) is -3.52. The highest BCUT2D eigenvalue weighted by Gasteiger charge is 2.34. The molecule has 110 valence electrons. The van der Waals surface area contributed by atoms with Gasteiger partial charge in [0.25, 0.3) is 0 Å². The van der Waals surface area contributed by atoms with Crippen LogP contribution in [-0.4, -0.2) is 37.0 Å². The standard InChI is InChI=1S/C15H21NO3S/c1-11(2)14-8-9-16(10-15(14)17)20(18,19)13-6-4-12(3)5-7-13/h4-7,14-15,17H,1,8-10H2,2-3H3/t14-,15+/m0/s1. The van der Waals surface area contributed by atoms with E-state index < -0.39 is 16.1 Å². The first-order valence-electron chi connectivity index (χ1n) is 6.72. The second kappa shape index (κ2) is 5.68. The molecule has 2 atom stereocenters. The third kappa shape index (κ3) is 2.95. The van der Waals surface area contributed by atoms with Gasteiger partial charge in [0.15, 0.2) is 0 Å². The van der Waals surface area contributed by atoms with Crippen molar-refractivity contribution in [2.75, 3.05) is 13.1 Å². The van der Waals surface area contributed by atoms with Gasteiger partial charge >= 0.3 is 0 Å². The average molecular weight is 295 g/mol. The number of benzene rings is 1. The van der Waals surface area contributed by atoms with Gasteiger partial charge in [-0.3, -0.25) is 0 Å². The van der Waals surface area contributed by atoms with E-state index in [1.807, 2.05) is 13.8 Å². The van der Waals surface area contributed by atoms with E-state index in [0.29, 0.717) is 13.0 Å². The van der Waals surface area contributed by atoms with Crippen LogP contribution in [-0.2, 0) is 10.0 Å². The van der Waals surface area contributed by atoms with Gasteiger partial charge in [-0.05, 0) is 32.4 Å². The highest BCUT2D eigenvalue weighted by Crippen LogP contribution is 2.27. The van der Waals surface area contributed by atoms with Gasteiger partial charge in [-0.1, -0.05) is 29.8 Å². The number of sulfonamides is 1. The monoisotopic (exact) mass is 295 g/mol. The Bertz CT molecular complexity index is 592. The molecule has 1 aliphatic heterocycles.